The lowest BCUT2D eigenvalue weighted by molar-refractivity contribution is -0.141. The number of rotatable bonds is 6. The fourth-order valence-electron chi connectivity index (χ4n) is 3.34. The molecule has 0 fully saturated rings. The van der Waals surface area contributed by atoms with Crippen molar-refractivity contribution in [3.63, 3.8) is 0 Å². The molecule has 0 saturated heterocycles. The Hall–Kier alpha value is -2.71. The van der Waals surface area contributed by atoms with Crippen LogP contribution in [0, 0.1) is 17.3 Å². The molecule has 2 amide bonds. The molecule has 2 atom stereocenters. The summed E-state index contributed by atoms with van der Waals surface area (Å²) in [6.45, 7) is 9.94. The summed E-state index contributed by atoms with van der Waals surface area (Å²) in [7, 11) is 0. The van der Waals surface area contributed by atoms with E-state index in [0.29, 0.717) is 25.8 Å². The molecule has 1 aliphatic heterocycles. The van der Waals surface area contributed by atoms with Crippen LogP contribution in [-0.4, -0.2) is 53.0 Å². The first-order chi connectivity index (χ1) is 14.5. The van der Waals surface area contributed by atoms with Crippen LogP contribution in [0.2, 0.25) is 0 Å². The number of aromatic nitrogens is 2. The molecule has 0 aromatic carbocycles. The maximum Gasteiger partial charge on any atom is 0.407 e. The van der Waals surface area contributed by atoms with Gasteiger partial charge in [0.15, 0.2) is 5.78 Å². The average Bonchev–Trinajstić information content (AvgIpc) is 3.12. The number of carbonyl (C=O) groups excluding carboxylic acids is 4. The second kappa shape index (κ2) is 10.5. The van der Waals surface area contributed by atoms with Gasteiger partial charge in [0, 0.05) is 31.0 Å². The van der Waals surface area contributed by atoms with Gasteiger partial charge >= 0.3 is 6.09 Å². The van der Waals surface area contributed by atoms with E-state index < -0.39 is 29.7 Å². The minimum absolute atomic E-state index is 0.129. The number of aromatic amines is 1. The first-order valence-corrected chi connectivity index (χ1v) is 10.8. The minimum Gasteiger partial charge on any atom is -0.449 e. The Morgan fingerprint density at radius 1 is 1.26 bits per heavy atom. The number of hydrogen-bond acceptors (Lipinski definition) is 6. The van der Waals surface area contributed by atoms with Crippen LogP contribution >= 0.6 is 0 Å². The molecule has 0 spiro atoms. The predicted octanol–water partition coefficient (Wildman–Crippen LogP) is 1.96. The van der Waals surface area contributed by atoms with Gasteiger partial charge in [0.2, 0.25) is 5.78 Å². The number of Topliss-reactive ketones (excluding diaryl/α,β-unsaturated/α-hetero) is 2. The number of H-pyrrole nitrogens is 1. The summed E-state index contributed by atoms with van der Waals surface area (Å²) in [5.74, 6) is -2.56. The van der Waals surface area contributed by atoms with Gasteiger partial charge in [0.05, 0.1) is 18.3 Å². The second-order valence-corrected chi connectivity index (χ2v) is 9.66. The van der Waals surface area contributed by atoms with Gasteiger partial charge in [-0.05, 0) is 30.2 Å². The maximum atomic E-state index is 13.0. The van der Waals surface area contributed by atoms with Crippen LogP contribution in [0.3, 0.4) is 0 Å². The number of alkyl carbamates (subject to hydrolysis) is 1. The highest BCUT2D eigenvalue weighted by Gasteiger charge is 2.32. The van der Waals surface area contributed by atoms with Crippen molar-refractivity contribution >= 4 is 23.6 Å². The monoisotopic (exact) mass is 434 g/mol. The molecular formula is C22H34N4O5. The van der Waals surface area contributed by atoms with Crippen LogP contribution in [0.15, 0.2) is 6.07 Å². The highest BCUT2D eigenvalue weighted by atomic mass is 16.5. The number of amides is 2. The Bertz CT molecular complexity index is 809. The van der Waals surface area contributed by atoms with E-state index in [2.05, 4.69) is 20.8 Å². The van der Waals surface area contributed by atoms with Gasteiger partial charge in [-0.3, -0.25) is 19.5 Å². The highest BCUT2D eigenvalue weighted by molar-refractivity contribution is 6.37. The quantitative estimate of drug-likeness (QED) is 0.587. The van der Waals surface area contributed by atoms with Gasteiger partial charge in [0.1, 0.15) is 0 Å². The molecule has 1 aliphatic rings. The van der Waals surface area contributed by atoms with Gasteiger partial charge < -0.3 is 15.4 Å². The number of ether oxygens (including phenoxy) is 1. The molecule has 2 heterocycles. The fourth-order valence-corrected chi connectivity index (χ4v) is 3.34. The minimum atomic E-state index is -0.805. The first-order valence-electron chi connectivity index (χ1n) is 10.8. The van der Waals surface area contributed by atoms with E-state index in [1.807, 2.05) is 40.7 Å². The van der Waals surface area contributed by atoms with Crippen molar-refractivity contribution in [2.24, 2.45) is 17.3 Å². The SMILES string of the molecule is CC(C)C(NC(=O)OCC(C)(C)C)C(=O)CC1CCc2cc(n[nH]2)CCNC(=O)C1=O. The van der Waals surface area contributed by atoms with Crippen LogP contribution in [-0.2, 0) is 32.0 Å². The molecule has 0 radical (unpaired) electrons. The van der Waals surface area contributed by atoms with Crippen molar-refractivity contribution < 1.29 is 23.9 Å². The Morgan fingerprint density at radius 2 is 1.97 bits per heavy atom. The fraction of sp³-hybridized carbons (Fsp3) is 0.682. The molecule has 0 saturated carbocycles. The zero-order valence-corrected chi connectivity index (χ0v) is 19.0. The van der Waals surface area contributed by atoms with Crippen LogP contribution < -0.4 is 10.6 Å². The highest BCUT2D eigenvalue weighted by Crippen LogP contribution is 2.19. The van der Waals surface area contributed by atoms with Gasteiger partial charge in [-0.1, -0.05) is 34.6 Å². The van der Waals surface area contributed by atoms with E-state index in [9.17, 15) is 19.2 Å². The Morgan fingerprint density at radius 3 is 2.61 bits per heavy atom. The predicted molar refractivity (Wildman–Crippen MR) is 114 cm³/mol. The first kappa shape index (κ1) is 24.6. The molecule has 9 heteroatoms. The molecule has 1 aromatic heterocycles. The molecule has 1 aromatic rings. The van der Waals surface area contributed by atoms with Gasteiger partial charge in [-0.15, -0.1) is 0 Å². The summed E-state index contributed by atoms with van der Waals surface area (Å²) >= 11 is 0. The number of fused-ring (bicyclic) bond motifs is 2. The van der Waals surface area contributed by atoms with E-state index in [1.54, 1.807) is 0 Å². The smallest absolute Gasteiger partial charge is 0.407 e. The molecule has 2 rings (SSSR count). The lowest BCUT2D eigenvalue weighted by Gasteiger charge is -2.24. The van der Waals surface area contributed by atoms with Crippen molar-refractivity contribution in [3.05, 3.63) is 17.5 Å². The topological polar surface area (TPSA) is 130 Å². The standard InChI is InChI=1S/C22H34N4O5/c1-13(2)18(24-21(30)31-12-22(3,4)5)17(27)10-14-6-7-15-11-16(26-25-15)8-9-23-20(29)19(14)28/h11,13-14,18H,6-10,12H2,1-5H3,(H,23,29)(H,24,30)(H,25,26). The summed E-state index contributed by atoms with van der Waals surface area (Å²) in [6.07, 6.45) is 0.555. The molecule has 2 unspecified atom stereocenters. The molecule has 172 valence electrons. The zero-order valence-electron chi connectivity index (χ0n) is 19.0. The van der Waals surface area contributed by atoms with Crippen molar-refractivity contribution in [2.45, 2.75) is 66.3 Å². The third-order valence-corrected chi connectivity index (χ3v) is 5.08. The third-order valence-electron chi connectivity index (χ3n) is 5.08. The molecule has 31 heavy (non-hydrogen) atoms. The van der Waals surface area contributed by atoms with Gasteiger partial charge in [0.25, 0.3) is 5.91 Å². The average molecular weight is 435 g/mol. The largest absolute Gasteiger partial charge is 0.449 e. The summed E-state index contributed by atoms with van der Waals surface area (Å²) < 4.78 is 5.22. The number of hydrogen-bond donors (Lipinski definition) is 3. The van der Waals surface area contributed by atoms with Crippen molar-refractivity contribution in [1.29, 1.82) is 0 Å². The molecule has 9 nitrogen and oxygen atoms in total. The molecule has 3 N–H and O–H groups in total. The van der Waals surface area contributed by atoms with Crippen LogP contribution in [0.5, 0.6) is 0 Å². The van der Waals surface area contributed by atoms with E-state index in [4.69, 9.17) is 4.74 Å². The van der Waals surface area contributed by atoms with E-state index in [1.165, 1.54) is 0 Å². The van der Waals surface area contributed by atoms with Crippen LogP contribution in [0.1, 0.15) is 58.8 Å². The Labute approximate surface area is 183 Å². The maximum absolute atomic E-state index is 13.0. The molecule has 2 bridgehead atoms. The zero-order chi connectivity index (χ0) is 23.2. The Balaban J connectivity index is 2.07. The van der Waals surface area contributed by atoms with Gasteiger partial charge in [-0.2, -0.15) is 5.10 Å². The lowest BCUT2D eigenvalue weighted by Crippen LogP contribution is -2.46. The number of aryl methyl sites for hydroxylation is 1. The number of ketones is 2. The van der Waals surface area contributed by atoms with Crippen LogP contribution in [0.25, 0.3) is 0 Å². The summed E-state index contributed by atoms with van der Waals surface area (Å²) in [5.41, 5.74) is 1.48. The van der Waals surface area contributed by atoms with E-state index in [-0.39, 0.29) is 30.1 Å². The third kappa shape index (κ3) is 7.80. The second-order valence-electron chi connectivity index (χ2n) is 9.66. The lowest BCUT2D eigenvalue weighted by atomic mass is 9.87. The number of carbonyl (C=O) groups is 4. The summed E-state index contributed by atoms with van der Waals surface area (Å²) in [4.78, 5) is 50.2. The number of nitrogens with zero attached hydrogens (tertiary/aromatic N) is 1. The summed E-state index contributed by atoms with van der Waals surface area (Å²) in [5, 5.41) is 12.4. The number of nitrogens with one attached hydrogen (secondary N) is 3. The van der Waals surface area contributed by atoms with E-state index >= 15 is 0 Å². The summed E-state index contributed by atoms with van der Waals surface area (Å²) in [6, 6.07) is 1.10. The molecular weight excluding hydrogens is 400 g/mol. The van der Waals surface area contributed by atoms with Gasteiger partial charge in [-0.25, -0.2) is 4.79 Å². The molecule has 0 aliphatic carbocycles. The Kier molecular flexibility index (Phi) is 8.36. The van der Waals surface area contributed by atoms with Crippen LogP contribution in [0.4, 0.5) is 4.79 Å². The van der Waals surface area contributed by atoms with E-state index in [0.717, 1.165) is 11.4 Å². The normalized spacial score (nSPS) is 18.7. The van der Waals surface area contributed by atoms with Crippen molar-refractivity contribution in [2.75, 3.05) is 13.2 Å². The van der Waals surface area contributed by atoms with Crippen molar-refractivity contribution in [3.8, 4) is 0 Å². The van der Waals surface area contributed by atoms with Crippen molar-refractivity contribution in [1.82, 2.24) is 20.8 Å².